The van der Waals surface area contributed by atoms with E-state index in [0.29, 0.717) is 15.9 Å². The highest BCUT2D eigenvalue weighted by atomic mass is 35.5. The minimum absolute atomic E-state index is 0.129. The van der Waals surface area contributed by atoms with E-state index in [4.69, 9.17) is 23.2 Å². The van der Waals surface area contributed by atoms with E-state index in [-0.39, 0.29) is 33.2 Å². The standard InChI is InChI=1S/C18H13Cl2FN4O2S2/c19-11-3-6-14(20)13(7-11)16(27)23-17-24-25-18(29-17)28-9-15(26)22-8-10-1-4-12(21)5-2-10/h1-7H,8-9H2,(H,22,26)(H,23,24,27). The summed E-state index contributed by atoms with van der Waals surface area (Å²) >= 11 is 14.2. The molecule has 0 saturated carbocycles. The van der Waals surface area contributed by atoms with E-state index < -0.39 is 5.91 Å². The van der Waals surface area contributed by atoms with Gasteiger partial charge in [0.15, 0.2) is 4.34 Å². The first kappa shape index (κ1) is 21.5. The first-order chi connectivity index (χ1) is 13.9. The predicted molar refractivity (Wildman–Crippen MR) is 113 cm³/mol. The summed E-state index contributed by atoms with van der Waals surface area (Å²) < 4.78 is 13.4. The minimum Gasteiger partial charge on any atom is -0.351 e. The Balaban J connectivity index is 1.48. The van der Waals surface area contributed by atoms with Crippen LogP contribution >= 0.6 is 46.3 Å². The van der Waals surface area contributed by atoms with Gasteiger partial charge in [-0.1, -0.05) is 58.4 Å². The zero-order chi connectivity index (χ0) is 20.8. The molecule has 0 bridgehead atoms. The van der Waals surface area contributed by atoms with E-state index in [9.17, 15) is 14.0 Å². The molecule has 1 aromatic heterocycles. The second-order valence-corrected chi connectivity index (χ2v) is 8.69. The summed E-state index contributed by atoms with van der Waals surface area (Å²) in [6.07, 6.45) is 0. The van der Waals surface area contributed by atoms with Gasteiger partial charge >= 0.3 is 0 Å². The lowest BCUT2D eigenvalue weighted by atomic mass is 10.2. The zero-order valence-corrected chi connectivity index (χ0v) is 17.8. The number of hydrogen-bond donors (Lipinski definition) is 2. The smallest absolute Gasteiger partial charge is 0.259 e. The van der Waals surface area contributed by atoms with E-state index in [1.54, 1.807) is 18.2 Å². The molecule has 0 saturated heterocycles. The molecule has 0 aliphatic carbocycles. The summed E-state index contributed by atoms with van der Waals surface area (Å²) in [5.41, 5.74) is 1.02. The SMILES string of the molecule is O=C(CSc1nnc(NC(=O)c2cc(Cl)ccc2Cl)s1)NCc1ccc(F)cc1. The van der Waals surface area contributed by atoms with E-state index in [0.717, 1.165) is 16.9 Å². The fourth-order valence-corrected chi connectivity index (χ4v) is 4.09. The van der Waals surface area contributed by atoms with Gasteiger partial charge in [-0.2, -0.15) is 0 Å². The maximum absolute atomic E-state index is 12.9. The summed E-state index contributed by atoms with van der Waals surface area (Å²) in [6.45, 7) is 0.303. The highest BCUT2D eigenvalue weighted by Gasteiger charge is 2.14. The molecule has 11 heteroatoms. The Morgan fingerprint density at radius 1 is 1.10 bits per heavy atom. The van der Waals surface area contributed by atoms with Gasteiger partial charge in [0.2, 0.25) is 11.0 Å². The maximum atomic E-state index is 12.9. The lowest BCUT2D eigenvalue weighted by Gasteiger charge is -2.04. The fraction of sp³-hybridized carbons (Fsp3) is 0.111. The van der Waals surface area contributed by atoms with Crippen molar-refractivity contribution in [3.8, 4) is 0 Å². The van der Waals surface area contributed by atoms with Gasteiger partial charge in [-0.25, -0.2) is 4.39 Å². The number of amides is 2. The van der Waals surface area contributed by atoms with Gasteiger partial charge in [-0.05, 0) is 35.9 Å². The van der Waals surface area contributed by atoms with Crippen LogP contribution in [0.15, 0.2) is 46.8 Å². The Morgan fingerprint density at radius 3 is 2.62 bits per heavy atom. The molecule has 2 amide bonds. The molecule has 6 nitrogen and oxygen atoms in total. The number of aromatic nitrogens is 2. The van der Waals surface area contributed by atoms with Crippen LogP contribution in [-0.2, 0) is 11.3 Å². The van der Waals surface area contributed by atoms with Crippen LogP contribution in [0.25, 0.3) is 0 Å². The Morgan fingerprint density at radius 2 is 1.86 bits per heavy atom. The first-order valence-electron chi connectivity index (χ1n) is 8.14. The monoisotopic (exact) mass is 470 g/mol. The molecule has 3 rings (SSSR count). The number of rotatable bonds is 7. The third kappa shape index (κ3) is 6.40. The van der Waals surface area contributed by atoms with Gasteiger partial charge in [0, 0.05) is 11.6 Å². The lowest BCUT2D eigenvalue weighted by molar-refractivity contribution is -0.118. The quantitative estimate of drug-likeness (QED) is 0.387. The van der Waals surface area contributed by atoms with Gasteiger partial charge in [-0.15, -0.1) is 10.2 Å². The molecule has 0 aliphatic heterocycles. The molecule has 0 spiro atoms. The van der Waals surface area contributed by atoms with Crippen molar-refractivity contribution in [2.24, 2.45) is 0 Å². The molecular weight excluding hydrogens is 458 g/mol. The van der Waals surface area contributed by atoms with E-state index >= 15 is 0 Å². The van der Waals surface area contributed by atoms with Crippen molar-refractivity contribution in [3.05, 3.63) is 69.5 Å². The maximum Gasteiger partial charge on any atom is 0.259 e. The molecule has 29 heavy (non-hydrogen) atoms. The lowest BCUT2D eigenvalue weighted by Crippen LogP contribution is -2.24. The largest absolute Gasteiger partial charge is 0.351 e. The molecule has 2 aromatic carbocycles. The van der Waals surface area contributed by atoms with Crippen LogP contribution in [0.5, 0.6) is 0 Å². The van der Waals surface area contributed by atoms with Crippen LogP contribution in [0.2, 0.25) is 10.0 Å². The minimum atomic E-state index is -0.456. The number of carbonyl (C=O) groups is 2. The van der Waals surface area contributed by atoms with Crippen LogP contribution in [0, 0.1) is 5.82 Å². The van der Waals surface area contributed by atoms with E-state index in [1.165, 1.54) is 36.0 Å². The number of nitrogens with zero attached hydrogens (tertiary/aromatic N) is 2. The molecule has 150 valence electrons. The van der Waals surface area contributed by atoms with Crippen molar-refractivity contribution in [1.82, 2.24) is 15.5 Å². The number of anilines is 1. The molecule has 0 aliphatic rings. The van der Waals surface area contributed by atoms with Gasteiger partial charge in [0.25, 0.3) is 5.91 Å². The van der Waals surface area contributed by atoms with Gasteiger partial charge in [0.1, 0.15) is 5.82 Å². The summed E-state index contributed by atoms with van der Waals surface area (Å²) in [7, 11) is 0. The van der Waals surface area contributed by atoms with Crippen molar-refractivity contribution in [3.63, 3.8) is 0 Å². The molecule has 0 fully saturated rings. The average Bonchev–Trinajstić information content (AvgIpc) is 3.15. The van der Waals surface area contributed by atoms with Crippen LogP contribution in [-0.4, -0.2) is 27.8 Å². The highest BCUT2D eigenvalue weighted by molar-refractivity contribution is 8.01. The number of halogens is 3. The van der Waals surface area contributed by atoms with Crippen molar-refractivity contribution in [2.45, 2.75) is 10.9 Å². The third-order valence-electron chi connectivity index (χ3n) is 3.53. The van der Waals surface area contributed by atoms with Crippen molar-refractivity contribution < 1.29 is 14.0 Å². The number of carbonyl (C=O) groups excluding carboxylic acids is 2. The zero-order valence-electron chi connectivity index (χ0n) is 14.6. The van der Waals surface area contributed by atoms with E-state index in [1.807, 2.05) is 0 Å². The van der Waals surface area contributed by atoms with Crippen molar-refractivity contribution in [2.75, 3.05) is 11.1 Å². The topological polar surface area (TPSA) is 84.0 Å². The molecule has 0 unspecified atom stereocenters. The average molecular weight is 471 g/mol. The molecule has 3 aromatic rings. The van der Waals surface area contributed by atoms with Crippen LogP contribution in [0.3, 0.4) is 0 Å². The van der Waals surface area contributed by atoms with E-state index in [2.05, 4.69) is 20.8 Å². The number of benzene rings is 2. The molecule has 0 radical (unpaired) electrons. The predicted octanol–water partition coefficient (Wildman–Crippen LogP) is 4.64. The molecule has 2 N–H and O–H groups in total. The van der Waals surface area contributed by atoms with Gasteiger partial charge in [-0.3, -0.25) is 14.9 Å². The van der Waals surface area contributed by atoms with Crippen LogP contribution in [0.1, 0.15) is 15.9 Å². The van der Waals surface area contributed by atoms with Crippen molar-refractivity contribution in [1.29, 1.82) is 0 Å². The second kappa shape index (κ2) is 10.0. The second-order valence-electron chi connectivity index (χ2n) is 5.64. The molecule has 1 heterocycles. The first-order valence-corrected chi connectivity index (χ1v) is 10.7. The van der Waals surface area contributed by atoms with Crippen LogP contribution in [0.4, 0.5) is 9.52 Å². The van der Waals surface area contributed by atoms with Gasteiger partial charge < -0.3 is 5.32 Å². The Kier molecular flexibility index (Phi) is 7.43. The number of nitrogens with one attached hydrogen (secondary N) is 2. The summed E-state index contributed by atoms with van der Waals surface area (Å²) in [5.74, 6) is -0.857. The Bertz CT molecular complexity index is 1030. The number of thioether (sulfide) groups is 1. The Labute approximate surface area is 183 Å². The van der Waals surface area contributed by atoms with Crippen molar-refractivity contribution >= 4 is 63.2 Å². The molecule has 0 atom stereocenters. The highest BCUT2D eigenvalue weighted by Crippen LogP contribution is 2.27. The number of hydrogen-bond acceptors (Lipinski definition) is 6. The summed E-state index contributed by atoms with van der Waals surface area (Å²) in [4.78, 5) is 24.2. The third-order valence-corrected chi connectivity index (χ3v) is 6.07. The van der Waals surface area contributed by atoms with Gasteiger partial charge in [0.05, 0.1) is 16.3 Å². The fourth-order valence-electron chi connectivity index (χ4n) is 2.14. The molecular formula is C18H13Cl2FN4O2S2. The van der Waals surface area contributed by atoms with Crippen LogP contribution < -0.4 is 10.6 Å². The Hall–Kier alpha value is -2.20. The summed E-state index contributed by atoms with van der Waals surface area (Å²) in [6, 6.07) is 10.5. The summed E-state index contributed by atoms with van der Waals surface area (Å²) in [5, 5.41) is 14.1. The normalized spacial score (nSPS) is 10.6.